The van der Waals surface area contributed by atoms with Crippen molar-refractivity contribution in [3.63, 3.8) is 0 Å². The topological polar surface area (TPSA) is 110 Å². The van der Waals surface area contributed by atoms with E-state index in [0.717, 1.165) is 25.0 Å². The molecule has 1 aromatic rings. The van der Waals surface area contributed by atoms with Crippen molar-refractivity contribution < 1.29 is 24.4 Å². The van der Waals surface area contributed by atoms with Gasteiger partial charge in [-0.05, 0) is 37.7 Å². The number of carbonyl (C=O) groups is 2. The number of carboxylic acid groups (broad SMARTS) is 1. The van der Waals surface area contributed by atoms with Gasteiger partial charge in [-0.3, -0.25) is 14.9 Å². The molecule has 1 unspecified atom stereocenters. The largest absolute Gasteiger partial charge is 0.478 e. The molecule has 1 heterocycles. The fraction of sp³-hybridized carbons (Fsp3) is 0.529. The van der Waals surface area contributed by atoms with Gasteiger partial charge in [0.05, 0.1) is 16.6 Å². The Hall–Kier alpha value is -2.48. The van der Waals surface area contributed by atoms with Gasteiger partial charge in [0.25, 0.3) is 11.6 Å². The first-order valence-electron chi connectivity index (χ1n) is 8.37. The lowest BCUT2D eigenvalue weighted by atomic mass is 10.0. The molecule has 1 saturated carbocycles. The van der Waals surface area contributed by atoms with E-state index >= 15 is 0 Å². The second kappa shape index (κ2) is 7.18. The summed E-state index contributed by atoms with van der Waals surface area (Å²) in [6.07, 6.45) is 4.03. The Bertz CT molecular complexity index is 668. The van der Waals surface area contributed by atoms with E-state index in [1.165, 1.54) is 18.9 Å². The van der Waals surface area contributed by atoms with Gasteiger partial charge in [0, 0.05) is 37.4 Å². The average molecular weight is 348 g/mol. The number of nitro groups is 1. The van der Waals surface area contributed by atoms with Crippen LogP contribution in [0.5, 0.6) is 0 Å². The van der Waals surface area contributed by atoms with Crippen LogP contribution in [0.25, 0.3) is 0 Å². The van der Waals surface area contributed by atoms with E-state index in [-0.39, 0.29) is 17.2 Å². The molecule has 0 spiro atoms. The van der Waals surface area contributed by atoms with Crippen LogP contribution < -0.4 is 0 Å². The molecule has 0 bridgehead atoms. The summed E-state index contributed by atoms with van der Waals surface area (Å²) in [6.45, 7) is 1.68. The molecule has 134 valence electrons. The van der Waals surface area contributed by atoms with E-state index < -0.39 is 22.5 Å². The van der Waals surface area contributed by atoms with Crippen molar-refractivity contribution in [1.29, 1.82) is 0 Å². The maximum Gasteiger partial charge on any atom is 0.335 e. The molecule has 1 N–H and O–H groups in total. The van der Waals surface area contributed by atoms with Crippen molar-refractivity contribution in [1.82, 2.24) is 4.90 Å². The first-order chi connectivity index (χ1) is 11.9. The summed E-state index contributed by atoms with van der Waals surface area (Å²) in [5.41, 5.74) is -0.646. The summed E-state index contributed by atoms with van der Waals surface area (Å²) in [5.74, 6) is -1.06. The maximum atomic E-state index is 12.7. The molecule has 1 amide bonds. The van der Waals surface area contributed by atoms with E-state index in [1.54, 1.807) is 4.90 Å². The van der Waals surface area contributed by atoms with Crippen molar-refractivity contribution in [3.05, 3.63) is 39.4 Å². The van der Waals surface area contributed by atoms with Crippen molar-refractivity contribution in [2.45, 2.75) is 31.8 Å². The highest BCUT2D eigenvalue weighted by Gasteiger charge is 2.29. The zero-order chi connectivity index (χ0) is 18.0. The van der Waals surface area contributed by atoms with Crippen molar-refractivity contribution in [3.8, 4) is 0 Å². The van der Waals surface area contributed by atoms with Crippen LogP contribution in [-0.2, 0) is 4.74 Å². The molecular weight excluding hydrogens is 328 g/mol. The van der Waals surface area contributed by atoms with Crippen LogP contribution in [0, 0.1) is 16.0 Å². The molecule has 1 aromatic carbocycles. The lowest BCUT2D eigenvalue weighted by Crippen LogP contribution is -2.43. The quantitative estimate of drug-likeness (QED) is 0.624. The molecule has 8 nitrogen and oxygen atoms in total. The molecule has 1 aliphatic carbocycles. The van der Waals surface area contributed by atoms with Crippen LogP contribution in [0.2, 0.25) is 0 Å². The summed E-state index contributed by atoms with van der Waals surface area (Å²) < 4.78 is 5.85. The van der Waals surface area contributed by atoms with E-state index in [4.69, 9.17) is 9.84 Å². The molecule has 3 rings (SSSR count). The number of carbonyl (C=O) groups excluding carboxylic acids is 1. The third-order valence-electron chi connectivity index (χ3n) is 4.55. The van der Waals surface area contributed by atoms with E-state index in [1.807, 2.05) is 0 Å². The minimum atomic E-state index is -1.30. The first kappa shape index (κ1) is 17.3. The summed E-state index contributed by atoms with van der Waals surface area (Å²) >= 11 is 0. The molecule has 2 aliphatic rings. The van der Waals surface area contributed by atoms with Crippen molar-refractivity contribution >= 4 is 17.6 Å². The Morgan fingerprint density at radius 1 is 1.24 bits per heavy atom. The number of amides is 1. The smallest absolute Gasteiger partial charge is 0.335 e. The van der Waals surface area contributed by atoms with Crippen LogP contribution in [0.1, 0.15) is 46.4 Å². The number of hydrogen-bond donors (Lipinski definition) is 1. The molecule has 1 aliphatic heterocycles. The third-order valence-corrected chi connectivity index (χ3v) is 4.55. The van der Waals surface area contributed by atoms with E-state index in [0.29, 0.717) is 25.6 Å². The molecule has 1 saturated heterocycles. The highest BCUT2D eigenvalue weighted by molar-refractivity contribution is 5.98. The van der Waals surface area contributed by atoms with Gasteiger partial charge in [-0.1, -0.05) is 0 Å². The standard InChI is InChI=1S/C17H20N2O6/c20-16(12-6-13(17(21)22)8-14(7-12)19(23)24)18-5-1-2-15(9-18)25-10-11-3-4-11/h6-8,11,15H,1-5,9-10H2,(H,21,22). The number of carboxylic acids is 1. The lowest BCUT2D eigenvalue weighted by molar-refractivity contribution is -0.384. The minimum absolute atomic E-state index is 0.0226. The first-order valence-corrected chi connectivity index (χ1v) is 8.37. The van der Waals surface area contributed by atoms with Crippen LogP contribution in [0.4, 0.5) is 5.69 Å². The number of likely N-dealkylation sites (tertiary alicyclic amines) is 1. The number of benzene rings is 1. The Labute approximate surface area is 144 Å². The number of hydrogen-bond acceptors (Lipinski definition) is 5. The molecule has 0 aromatic heterocycles. The van der Waals surface area contributed by atoms with Gasteiger partial charge >= 0.3 is 5.97 Å². The number of aromatic carboxylic acids is 1. The summed E-state index contributed by atoms with van der Waals surface area (Å²) in [7, 11) is 0. The predicted octanol–water partition coefficient (Wildman–Crippen LogP) is 2.32. The van der Waals surface area contributed by atoms with E-state index in [9.17, 15) is 19.7 Å². The van der Waals surface area contributed by atoms with Crippen LogP contribution in [0.3, 0.4) is 0 Å². The zero-order valence-electron chi connectivity index (χ0n) is 13.7. The van der Waals surface area contributed by atoms with Gasteiger partial charge < -0.3 is 14.7 Å². The lowest BCUT2D eigenvalue weighted by Gasteiger charge is -2.32. The average Bonchev–Trinajstić information content (AvgIpc) is 3.43. The number of ether oxygens (including phenoxy) is 1. The number of non-ortho nitro benzene ring substituents is 1. The molecular formula is C17H20N2O6. The van der Waals surface area contributed by atoms with Crippen molar-refractivity contribution in [2.24, 2.45) is 5.92 Å². The van der Waals surface area contributed by atoms with Crippen molar-refractivity contribution in [2.75, 3.05) is 19.7 Å². The molecule has 8 heteroatoms. The predicted molar refractivity (Wildman–Crippen MR) is 87.7 cm³/mol. The van der Waals surface area contributed by atoms with Gasteiger partial charge in [0.2, 0.25) is 0 Å². The second-order valence-corrected chi connectivity index (χ2v) is 6.62. The third kappa shape index (κ3) is 4.33. The summed E-state index contributed by atoms with van der Waals surface area (Å²) in [4.78, 5) is 35.8. The minimum Gasteiger partial charge on any atom is -0.478 e. The summed E-state index contributed by atoms with van der Waals surface area (Å²) in [6, 6.07) is 3.27. The number of nitro benzene ring substituents is 1. The Morgan fingerprint density at radius 3 is 2.60 bits per heavy atom. The zero-order valence-corrected chi connectivity index (χ0v) is 13.7. The molecule has 1 atom stereocenters. The fourth-order valence-corrected chi connectivity index (χ4v) is 2.96. The molecule has 25 heavy (non-hydrogen) atoms. The Kier molecular flexibility index (Phi) is 4.98. The second-order valence-electron chi connectivity index (χ2n) is 6.62. The van der Waals surface area contributed by atoms with Gasteiger partial charge in [-0.2, -0.15) is 0 Å². The normalized spacial score (nSPS) is 20.3. The van der Waals surface area contributed by atoms with Crippen LogP contribution in [0.15, 0.2) is 18.2 Å². The van der Waals surface area contributed by atoms with Crippen LogP contribution in [-0.4, -0.2) is 52.6 Å². The van der Waals surface area contributed by atoms with Crippen LogP contribution >= 0.6 is 0 Å². The van der Waals surface area contributed by atoms with Gasteiger partial charge in [0.15, 0.2) is 0 Å². The van der Waals surface area contributed by atoms with E-state index in [2.05, 4.69) is 0 Å². The molecule has 0 radical (unpaired) electrons. The Balaban J connectivity index is 1.74. The highest BCUT2D eigenvalue weighted by atomic mass is 16.6. The monoisotopic (exact) mass is 348 g/mol. The number of rotatable bonds is 6. The molecule has 2 fully saturated rings. The van der Waals surface area contributed by atoms with Gasteiger partial charge in [-0.15, -0.1) is 0 Å². The SMILES string of the molecule is O=C(O)c1cc(C(=O)N2CCCC(OCC3CC3)C2)cc([N+](=O)[O-])c1. The fourth-order valence-electron chi connectivity index (χ4n) is 2.96. The van der Waals surface area contributed by atoms with Gasteiger partial charge in [0.1, 0.15) is 0 Å². The Morgan fingerprint density at radius 2 is 1.96 bits per heavy atom. The number of nitrogens with zero attached hydrogens (tertiary/aromatic N) is 2. The van der Waals surface area contributed by atoms with Gasteiger partial charge in [-0.25, -0.2) is 4.79 Å². The highest BCUT2D eigenvalue weighted by Crippen LogP contribution is 2.30. The summed E-state index contributed by atoms with van der Waals surface area (Å²) in [5, 5.41) is 20.1. The maximum absolute atomic E-state index is 12.7. The number of piperidine rings is 1.